The van der Waals surface area contributed by atoms with Crippen molar-refractivity contribution in [1.82, 2.24) is 0 Å². The van der Waals surface area contributed by atoms with Crippen LogP contribution in [0, 0.1) is 11.3 Å². The van der Waals surface area contributed by atoms with Crippen molar-refractivity contribution in [2.24, 2.45) is 10.7 Å². The molecule has 0 heterocycles. The zero-order chi connectivity index (χ0) is 24.1. The van der Waals surface area contributed by atoms with Gasteiger partial charge >= 0.3 is 0 Å². The Hall–Kier alpha value is -3.50. The molecule has 0 aliphatic heterocycles. The quantitative estimate of drug-likeness (QED) is 0.153. The lowest BCUT2D eigenvalue weighted by Crippen LogP contribution is -2.14. The van der Waals surface area contributed by atoms with Gasteiger partial charge in [0.25, 0.3) is 20.2 Å². The molecule has 0 aliphatic rings. The largest absolute Gasteiger partial charge is 0.383 e. The van der Waals surface area contributed by atoms with Gasteiger partial charge in [-0.3, -0.25) is 9.11 Å². The topological polar surface area (TPSA) is 183 Å². The summed E-state index contributed by atoms with van der Waals surface area (Å²) in [5.41, 5.74) is 8.11. The molecule has 0 aliphatic carbocycles. The Morgan fingerprint density at radius 1 is 0.938 bits per heavy atom. The summed E-state index contributed by atoms with van der Waals surface area (Å²) in [7, 11) is -8.61. The lowest BCUT2D eigenvalue weighted by Gasteiger charge is -2.08. The summed E-state index contributed by atoms with van der Waals surface area (Å²) in [5, 5.41) is 12.3. The first-order chi connectivity index (χ1) is 14.8. The monoisotopic (exact) mass is 476 g/mol. The van der Waals surface area contributed by atoms with E-state index in [1.54, 1.807) is 13.8 Å². The van der Waals surface area contributed by atoms with Crippen molar-refractivity contribution in [3.8, 4) is 6.07 Å². The Bertz CT molecular complexity index is 1350. The molecule has 2 aromatic carbocycles. The average Bonchev–Trinajstić information content (AvgIpc) is 2.72. The number of nitriles is 1. The first-order valence-corrected chi connectivity index (χ1v) is 11.7. The van der Waals surface area contributed by atoms with Gasteiger partial charge in [0.1, 0.15) is 11.9 Å². The molecule has 2 rings (SSSR count). The van der Waals surface area contributed by atoms with Crippen LogP contribution in [0.1, 0.15) is 13.8 Å². The third-order valence-corrected chi connectivity index (χ3v) is 6.13. The molecule has 5 N–H and O–H groups in total. The van der Waals surface area contributed by atoms with Crippen molar-refractivity contribution in [3.05, 3.63) is 71.5 Å². The lowest BCUT2D eigenvalue weighted by atomic mass is 10.0. The minimum Gasteiger partial charge on any atom is -0.383 e. The van der Waals surface area contributed by atoms with Crippen molar-refractivity contribution in [2.75, 3.05) is 5.32 Å². The van der Waals surface area contributed by atoms with Gasteiger partial charge < -0.3 is 11.1 Å². The molecule has 2 aromatic rings. The van der Waals surface area contributed by atoms with E-state index >= 15 is 0 Å². The van der Waals surface area contributed by atoms with E-state index in [9.17, 15) is 22.1 Å². The number of rotatable bonds is 7. The SMILES string of the molecule is C/C(C(N)=Nc1ccc(S(=O)(=O)O)cc1)=C(C)/C(C#N)=C/Nc1ccc(S(=O)(=O)O)cc1. The smallest absolute Gasteiger partial charge is 0.294 e. The molecule has 0 amide bonds. The first kappa shape index (κ1) is 24.8. The maximum atomic E-state index is 11.1. The van der Waals surface area contributed by atoms with Crippen LogP contribution in [0.25, 0.3) is 0 Å². The fraction of sp³-hybridized carbons (Fsp3) is 0.100. The van der Waals surface area contributed by atoms with Crippen molar-refractivity contribution in [2.45, 2.75) is 23.6 Å². The Morgan fingerprint density at radius 3 is 1.84 bits per heavy atom. The highest BCUT2D eigenvalue weighted by molar-refractivity contribution is 7.86. The van der Waals surface area contributed by atoms with Crippen LogP contribution in [0.2, 0.25) is 0 Å². The highest BCUT2D eigenvalue weighted by Gasteiger charge is 2.11. The molecular weight excluding hydrogens is 456 g/mol. The minimum absolute atomic E-state index is 0.0979. The number of allylic oxidation sites excluding steroid dienone is 2. The molecule has 0 spiro atoms. The second-order valence-electron chi connectivity index (χ2n) is 6.53. The van der Waals surface area contributed by atoms with Crippen LogP contribution in [0.15, 0.2) is 86.2 Å². The first-order valence-electron chi connectivity index (χ1n) is 8.87. The number of amidine groups is 1. The van der Waals surface area contributed by atoms with Gasteiger partial charge in [0.2, 0.25) is 0 Å². The highest BCUT2D eigenvalue weighted by Crippen LogP contribution is 2.20. The average molecular weight is 477 g/mol. The molecule has 0 fully saturated rings. The number of aliphatic imine (C=N–C) groups is 1. The maximum absolute atomic E-state index is 11.1. The molecule has 0 atom stereocenters. The number of nitrogens with one attached hydrogen (secondary N) is 1. The van der Waals surface area contributed by atoms with E-state index in [0.29, 0.717) is 22.5 Å². The molecule has 0 saturated carbocycles. The molecular formula is C20H20N4O6S2. The molecule has 0 radical (unpaired) electrons. The fourth-order valence-electron chi connectivity index (χ4n) is 2.41. The molecule has 10 nitrogen and oxygen atoms in total. The van der Waals surface area contributed by atoms with Crippen molar-refractivity contribution < 1.29 is 25.9 Å². The normalized spacial score (nSPS) is 13.8. The summed E-state index contributed by atoms with van der Waals surface area (Å²) in [6.45, 7) is 3.32. The lowest BCUT2D eigenvalue weighted by molar-refractivity contribution is 0.481. The maximum Gasteiger partial charge on any atom is 0.294 e. The molecule has 168 valence electrons. The second-order valence-corrected chi connectivity index (χ2v) is 9.37. The van der Waals surface area contributed by atoms with Crippen LogP contribution in [-0.4, -0.2) is 31.8 Å². The summed E-state index contributed by atoms with van der Waals surface area (Å²) in [6.07, 6.45) is 1.41. The summed E-state index contributed by atoms with van der Waals surface area (Å²) < 4.78 is 62.4. The van der Waals surface area contributed by atoms with Gasteiger partial charge in [-0.2, -0.15) is 22.1 Å². The number of nitrogens with zero attached hydrogens (tertiary/aromatic N) is 2. The predicted octanol–water partition coefficient (Wildman–Crippen LogP) is 3.02. The summed E-state index contributed by atoms with van der Waals surface area (Å²) >= 11 is 0. The summed E-state index contributed by atoms with van der Waals surface area (Å²) in [4.78, 5) is 3.66. The number of hydrogen-bond acceptors (Lipinski definition) is 7. The van der Waals surface area contributed by atoms with E-state index in [2.05, 4.69) is 10.3 Å². The fourth-order valence-corrected chi connectivity index (χ4v) is 3.37. The van der Waals surface area contributed by atoms with Gasteiger partial charge in [-0.15, -0.1) is 0 Å². The van der Waals surface area contributed by atoms with Crippen LogP contribution in [0.5, 0.6) is 0 Å². The predicted molar refractivity (Wildman–Crippen MR) is 119 cm³/mol. The van der Waals surface area contributed by atoms with Crippen LogP contribution in [-0.2, 0) is 20.2 Å². The number of nitrogens with two attached hydrogens (primary N) is 1. The highest BCUT2D eigenvalue weighted by atomic mass is 32.2. The number of benzene rings is 2. The van der Waals surface area contributed by atoms with Crippen LogP contribution in [0.3, 0.4) is 0 Å². The van der Waals surface area contributed by atoms with Gasteiger partial charge in [0.05, 0.1) is 21.1 Å². The van der Waals surface area contributed by atoms with E-state index in [1.165, 1.54) is 54.7 Å². The molecule has 0 aromatic heterocycles. The summed E-state index contributed by atoms with van der Waals surface area (Å²) in [5.74, 6) is 0.0979. The molecule has 0 bridgehead atoms. The Balaban J connectivity index is 2.26. The van der Waals surface area contributed by atoms with E-state index in [1.807, 2.05) is 6.07 Å². The third kappa shape index (κ3) is 6.50. The van der Waals surface area contributed by atoms with Crippen LogP contribution < -0.4 is 11.1 Å². The molecule has 12 heteroatoms. The third-order valence-electron chi connectivity index (χ3n) is 4.39. The minimum atomic E-state index is -4.31. The zero-order valence-electron chi connectivity index (χ0n) is 17.0. The number of anilines is 1. The zero-order valence-corrected chi connectivity index (χ0v) is 18.6. The van der Waals surface area contributed by atoms with E-state index in [0.717, 1.165) is 0 Å². The summed E-state index contributed by atoms with van der Waals surface area (Å²) in [6, 6.07) is 12.4. The standard InChI is InChI=1S/C20H20N4O6S2/c1-13(14(2)20(22)24-17-5-9-19(10-6-17)32(28,29)30)15(11-21)12-23-16-3-7-18(8-4-16)31(25,26)27/h3-10,12,23H,1-2H3,(H2,22,24)(H,25,26,27)(H,28,29,30)/b14-13-,15-12+. The molecule has 32 heavy (non-hydrogen) atoms. The number of hydrogen-bond donors (Lipinski definition) is 4. The van der Waals surface area contributed by atoms with E-state index < -0.39 is 20.2 Å². The van der Waals surface area contributed by atoms with Gasteiger partial charge in [0, 0.05) is 11.9 Å². The Morgan fingerprint density at radius 2 is 1.41 bits per heavy atom. The second kappa shape index (κ2) is 9.75. The molecule has 0 saturated heterocycles. The van der Waals surface area contributed by atoms with Gasteiger partial charge in [-0.25, -0.2) is 4.99 Å². The van der Waals surface area contributed by atoms with E-state index in [4.69, 9.17) is 14.8 Å². The van der Waals surface area contributed by atoms with Gasteiger partial charge in [-0.05, 0) is 73.5 Å². The van der Waals surface area contributed by atoms with E-state index in [-0.39, 0.29) is 21.2 Å². The van der Waals surface area contributed by atoms with Crippen LogP contribution >= 0.6 is 0 Å². The van der Waals surface area contributed by atoms with Crippen molar-refractivity contribution in [3.63, 3.8) is 0 Å². The Kier molecular flexibility index (Phi) is 7.55. The van der Waals surface area contributed by atoms with Crippen molar-refractivity contribution in [1.29, 1.82) is 5.26 Å². The van der Waals surface area contributed by atoms with Crippen molar-refractivity contribution >= 4 is 37.4 Å². The van der Waals surface area contributed by atoms with Crippen LogP contribution in [0.4, 0.5) is 11.4 Å². The Labute approximate surface area is 185 Å². The van der Waals surface area contributed by atoms with Gasteiger partial charge in [-0.1, -0.05) is 0 Å². The van der Waals surface area contributed by atoms with Gasteiger partial charge in [0.15, 0.2) is 0 Å². The molecule has 0 unspecified atom stereocenters.